The lowest BCUT2D eigenvalue weighted by molar-refractivity contribution is -0.0237. The first-order valence-electron chi connectivity index (χ1n) is 9.75. The molecule has 1 saturated heterocycles. The van der Waals surface area contributed by atoms with Crippen molar-refractivity contribution in [3.05, 3.63) is 65.6 Å². The Labute approximate surface area is 170 Å². The Morgan fingerprint density at radius 3 is 2.72 bits per heavy atom. The fourth-order valence-corrected chi connectivity index (χ4v) is 3.65. The Morgan fingerprint density at radius 2 is 1.93 bits per heavy atom. The molecule has 0 bridgehead atoms. The van der Waals surface area contributed by atoms with Crippen molar-refractivity contribution in [3.8, 4) is 5.75 Å². The van der Waals surface area contributed by atoms with Gasteiger partial charge in [0.2, 0.25) is 0 Å². The molecule has 0 N–H and O–H groups in total. The zero-order valence-corrected chi connectivity index (χ0v) is 17.1. The molecular weight excluding hydrogens is 368 g/mol. The van der Waals surface area contributed by atoms with E-state index < -0.39 is 0 Å². The first kappa shape index (κ1) is 19.5. The summed E-state index contributed by atoms with van der Waals surface area (Å²) >= 11 is 0. The van der Waals surface area contributed by atoms with Gasteiger partial charge in [-0.2, -0.15) is 0 Å². The smallest absolute Gasteiger partial charge is 0.289 e. The summed E-state index contributed by atoms with van der Waals surface area (Å²) in [4.78, 5) is 16.7. The second-order valence-corrected chi connectivity index (χ2v) is 7.59. The second kappa shape index (κ2) is 8.27. The van der Waals surface area contributed by atoms with Gasteiger partial charge in [0.05, 0.1) is 26.8 Å². The van der Waals surface area contributed by atoms with Gasteiger partial charge in [0.25, 0.3) is 5.91 Å². The first-order chi connectivity index (χ1) is 14.0. The van der Waals surface area contributed by atoms with E-state index >= 15 is 0 Å². The van der Waals surface area contributed by atoms with Crippen LogP contribution >= 0.6 is 0 Å². The van der Waals surface area contributed by atoms with Crippen LogP contribution in [0.15, 0.2) is 52.9 Å². The van der Waals surface area contributed by atoms with Crippen molar-refractivity contribution in [2.24, 2.45) is 0 Å². The lowest BCUT2D eigenvalue weighted by Gasteiger charge is -2.32. The van der Waals surface area contributed by atoms with Crippen molar-refractivity contribution in [1.82, 2.24) is 9.80 Å². The number of benzene rings is 2. The molecular formula is C23H26N2O4. The van der Waals surface area contributed by atoms with E-state index in [9.17, 15) is 4.79 Å². The van der Waals surface area contributed by atoms with E-state index in [0.717, 1.165) is 27.8 Å². The van der Waals surface area contributed by atoms with Crippen molar-refractivity contribution in [2.45, 2.75) is 12.6 Å². The Balaban J connectivity index is 1.49. The SMILES string of the molecule is COc1ccc2cc([C@H]3CN(C(=O)c4ccc(CN(C)C)o4)CCO3)ccc2c1. The molecule has 4 rings (SSSR count). The molecule has 29 heavy (non-hydrogen) atoms. The number of morpholine rings is 1. The van der Waals surface area contributed by atoms with Gasteiger partial charge >= 0.3 is 0 Å². The summed E-state index contributed by atoms with van der Waals surface area (Å²) in [6.07, 6.45) is -0.157. The number of ether oxygens (including phenoxy) is 2. The van der Waals surface area contributed by atoms with Crippen LogP contribution in [0.5, 0.6) is 5.75 Å². The van der Waals surface area contributed by atoms with E-state index in [1.807, 2.05) is 48.2 Å². The fourth-order valence-electron chi connectivity index (χ4n) is 3.65. The molecule has 0 radical (unpaired) electrons. The van der Waals surface area contributed by atoms with Gasteiger partial charge < -0.3 is 23.7 Å². The highest BCUT2D eigenvalue weighted by atomic mass is 16.5. The maximum Gasteiger partial charge on any atom is 0.289 e. The quantitative estimate of drug-likeness (QED) is 0.660. The number of nitrogens with zero attached hydrogens (tertiary/aromatic N) is 2. The third-order valence-electron chi connectivity index (χ3n) is 5.14. The normalized spacial score (nSPS) is 17.1. The number of rotatable bonds is 5. The minimum Gasteiger partial charge on any atom is -0.497 e. The molecule has 0 unspecified atom stereocenters. The van der Waals surface area contributed by atoms with Gasteiger partial charge in [0.1, 0.15) is 17.6 Å². The monoisotopic (exact) mass is 394 g/mol. The molecule has 1 atom stereocenters. The summed E-state index contributed by atoms with van der Waals surface area (Å²) < 4.78 is 17.0. The first-order valence-corrected chi connectivity index (χ1v) is 9.75. The molecule has 1 aliphatic rings. The van der Waals surface area contributed by atoms with Gasteiger partial charge in [0.15, 0.2) is 5.76 Å². The maximum absolute atomic E-state index is 12.9. The number of carbonyl (C=O) groups excluding carboxylic acids is 1. The Bertz CT molecular complexity index is 1010. The van der Waals surface area contributed by atoms with Crippen LogP contribution in [-0.4, -0.2) is 56.6 Å². The molecule has 1 aromatic heterocycles. The zero-order valence-electron chi connectivity index (χ0n) is 17.1. The van der Waals surface area contributed by atoms with Crippen molar-refractivity contribution in [1.29, 1.82) is 0 Å². The molecule has 1 fully saturated rings. The standard InChI is InChI=1S/C23H26N2O4/c1-24(2)14-20-8-9-21(29-20)23(26)25-10-11-28-22(15-25)18-5-4-17-13-19(27-3)7-6-16(17)12-18/h4-9,12-13,22H,10-11,14-15H2,1-3H3/t22-/m1/s1. The fraction of sp³-hybridized carbons (Fsp3) is 0.348. The average Bonchev–Trinajstić information content (AvgIpc) is 3.20. The van der Waals surface area contributed by atoms with Crippen molar-refractivity contribution >= 4 is 16.7 Å². The molecule has 0 aliphatic carbocycles. The minimum atomic E-state index is -0.157. The number of amides is 1. The van der Waals surface area contributed by atoms with Crippen LogP contribution in [0.25, 0.3) is 10.8 Å². The molecule has 1 amide bonds. The lowest BCUT2D eigenvalue weighted by Crippen LogP contribution is -2.42. The lowest BCUT2D eigenvalue weighted by atomic mass is 10.0. The van der Waals surface area contributed by atoms with Crippen molar-refractivity contribution < 1.29 is 18.7 Å². The van der Waals surface area contributed by atoms with Gasteiger partial charge in [-0.05, 0) is 60.8 Å². The van der Waals surface area contributed by atoms with Crippen LogP contribution in [0.1, 0.15) is 28.0 Å². The average molecular weight is 394 g/mol. The Hall–Kier alpha value is -2.83. The van der Waals surface area contributed by atoms with Crippen LogP contribution in [0.2, 0.25) is 0 Å². The number of hydrogen-bond donors (Lipinski definition) is 0. The molecule has 0 saturated carbocycles. The number of methoxy groups -OCH3 is 1. The topological polar surface area (TPSA) is 55.2 Å². The van der Waals surface area contributed by atoms with Crippen LogP contribution in [0, 0.1) is 0 Å². The molecule has 2 aromatic carbocycles. The molecule has 152 valence electrons. The second-order valence-electron chi connectivity index (χ2n) is 7.59. The Kier molecular flexibility index (Phi) is 5.56. The minimum absolute atomic E-state index is 0.0890. The summed E-state index contributed by atoms with van der Waals surface area (Å²) in [6, 6.07) is 15.9. The molecule has 3 aromatic rings. The van der Waals surface area contributed by atoms with Gasteiger partial charge in [-0.25, -0.2) is 0 Å². The molecule has 1 aliphatic heterocycles. The number of carbonyl (C=O) groups is 1. The summed E-state index contributed by atoms with van der Waals surface area (Å²) in [5.74, 6) is 1.91. The number of furan rings is 1. The highest BCUT2D eigenvalue weighted by Gasteiger charge is 2.28. The van der Waals surface area contributed by atoms with E-state index in [1.165, 1.54) is 0 Å². The van der Waals surface area contributed by atoms with Crippen LogP contribution < -0.4 is 4.74 Å². The van der Waals surface area contributed by atoms with E-state index in [-0.39, 0.29) is 12.0 Å². The molecule has 6 nitrogen and oxygen atoms in total. The van der Waals surface area contributed by atoms with Crippen molar-refractivity contribution in [2.75, 3.05) is 40.9 Å². The summed E-state index contributed by atoms with van der Waals surface area (Å²) in [5, 5.41) is 2.23. The summed E-state index contributed by atoms with van der Waals surface area (Å²) in [5.41, 5.74) is 1.06. The Morgan fingerprint density at radius 1 is 1.14 bits per heavy atom. The van der Waals surface area contributed by atoms with Crippen LogP contribution in [0.3, 0.4) is 0 Å². The predicted molar refractivity (Wildman–Crippen MR) is 111 cm³/mol. The highest BCUT2D eigenvalue weighted by Crippen LogP contribution is 2.28. The third kappa shape index (κ3) is 4.28. The van der Waals surface area contributed by atoms with E-state index in [4.69, 9.17) is 13.9 Å². The molecule has 0 spiro atoms. The van der Waals surface area contributed by atoms with Gasteiger partial charge in [-0.15, -0.1) is 0 Å². The summed E-state index contributed by atoms with van der Waals surface area (Å²) in [6.45, 7) is 2.23. The van der Waals surface area contributed by atoms with E-state index in [2.05, 4.69) is 18.2 Å². The van der Waals surface area contributed by atoms with E-state index in [0.29, 0.717) is 32.0 Å². The van der Waals surface area contributed by atoms with Crippen LogP contribution in [-0.2, 0) is 11.3 Å². The predicted octanol–water partition coefficient (Wildman–Crippen LogP) is 3.72. The van der Waals surface area contributed by atoms with Gasteiger partial charge in [0, 0.05) is 6.54 Å². The molecule has 2 heterocycles. The number of hydrogen-bond acceptors (Lipinski definition) is 5. The van der Waals surface area contributed by atoms with Gasteiger partial charge in [-0.1, -0.05) is 18.2 Å². The zero-order chi connectivity index (χ0) is 20.4. The van der Waals surface area contributed by atoms with Crippen molar-refractivity contribution in [3.63, 3.8) is 0 Å². The van der Waals surface area contributed by atoms with Crippen LogP contribution in [0.4, 0.5) is 0 Å². The summed E-state index contributed by atoms with van der Waals surface area (Å²) in [7, 11) is 5.60. The number of fused-ring (bicyclic) bond motifs is 1. The van der Waals surface area contributed by atoms with E-state index in [1.54, 1.807) is 13.2 Å². The third-order valence-corrected chi connectivity index (χ3v) is 5.14. The van der Waals surface area contributed by atoms with Gasteiger partial charge in [-0.3, -0.25) is 4.79 Å². The largest absolute Gasteiger partial charge is 0.497 e. The maximum atomic E-state index is 12.9. The highest BCUT2D eigenvalue weighted by molar-refractivity contribution is 5.91. The molecule has 6 heteroatoms.